The molecule has 0 aromatic carbocycles. The second-order valence-electron chi connectivity index (χ2n) is 3.99. The number of carboxylic acids is 1. The van der Waals surface area contributed by atoms with Gasteiger partial charge in [0.25, 0.3) is 0 Å². The maximum Gasteiger partial charge on any atom is 0.411 e. The fraction of sp³-hybridized carbons (Fsp3) is 0.800. The van der Waals surface area contributed by atoms with E-state index in [2.05, 4.69) is 10.1 Å². The first-order valence-corrected chi connectivity index (χ1v) is 5.23. The van der Waals surface area contributed by atoms with E-state index in [0.717, 1.165) is 0 Å². The van der Waals surface area contributed by atoms with E-state index >= 15 is 0 Å². The van der Waals surface area contributed by atoms with Crippen molar-refractivity contribution in [3.8, 4) is 0 Å². The fourth-order valence-electron chi connectivity index (χ4n) is 1.31. The van der Waals surface area contributed by atoms with Crippen LogP contribution in [-0.4, -0.2) is 43.4 Å². The molecule has 0 aliphatic carbocycles. The number of hydrogen-bond donors (Lipinski definition) is 2. The number of hydrogen-bond acceptors (Lipinski definition) is 3. The normalized spacial score (nSPS) is 14.9. The number of amides is 1. The van der Waals surface area contributed by atoms with Crippen LogP contribution in [0.25, 0.3) is 0 Å². The number of nitrogens with one attached hydrogen (secondary N) is 1. The maximum absolute atomic E-state index is 11.7. The highest BCUT2D eigenvalue weighted by atomic mass is 19.4. The van der Waals surface area contributed by atoms with Gasteiger partial charge < -0.3 is 15.2 Å². The quantitative estimate of drug-likeness (QED) is 0.538. The molecular formula is C10H16F3NO4. The van der Waals surface area contributed by atoms with E-state index in [9.17, 15) is 22.8 Å². The molecule has 18 heavy (non-hydrogen) atoms. The van der Waals surface area contributed by atoms with Gasteiger partial charge in [0.15, 0.2) is 0 Å². The van der Waals surface area contributed by atoms with Crippen LogP contribution in [0.1, 0.15) is 19.8 Å². The van der Waals surface area contributed by atoms with Crippen LogP contribution in [0, 0.1) is 5.41 Å². The summed E-state index contributed by atoms with van der Waals surface area (Å²) in [6, 6.07) is 0. The highest BCUT2D eigenvalue weighted by Crippen LogP contribution is 2.24. The Morgan fingerprint density at radius 3 is 2.28 bits per heavy atom. The van der Waals surface area contributed by atoms with E-state index in [1.165, 1.54) is 14.0 Å². The predicted molar refractivity (Wildman–Crippen MR) is 55.9 cm³/mol. The van der Waals surface area contributed by atoms with Crippen LogP contribution in [0.15, 0.2) is 0 Å². The van der Waals surface area contributed by atoms with E-state index in [-0.39, 0.29) is 19.4 Å². The topological polar surface area (TPSA) is 75.6 Å². The number of halogens is 3. The first-order chi connectivity index (χ1) is 8.13. The Kier molecular flexibility index (Phi) is 6.10. The zero-order valence-corrected chi connectivity index (χ0v) is 10.1. The Hall–Kier alpha value is -1.31. The molecule has 5 nitrogen and oxygen atoms in total. The lowest BCUT2D eigenvalue weighted by Crippen LogP contribution is -2.43. The van der Waals surface area contributed by atoms with Gasteiger partial charge in [-0.2, -0.15) is 13.2 Å². The van der Waals surface area contributed by atoms with Crippen molar-refractivity contribution in [3.63, 3.8) is 0 Å². The van der Waals surface area contributed by atoms with Crippen LogP contribution < -0.4 is 5.32 Å². The Labute approximate surface area is 102 Å². The van der Waals surface area contributed by atoms with E-state index < -0.39 is 30.1 Å². The Bertz CT molecular complexity index is 306. The van der Waals surface area contributed by atoms with Crippen LogP contribution >= 0.6 is 0 Å². The number of alkyl halides is 3. The van der Waals surface area contributed by atoms with E-state index in [0.29, 0.717) is 0 Å². The molecule has 0 heterocycles. The molecular weight excluding hydrogens is 255 g/mol. The van der Waals surface area contributed by atoms with Gasteiger partial charge in [0, 0.05) is 13.7 Å². The van der Waals surface area contributed by atoms with Crippen LogP contribution in [0.5, 0.6) is 0 Å². The maximum atomic E-state index is 11.7. The molecule has 0 aromatic rings. The zero-order chi connectivity index (χ0) is 14.4. The van der Waals surface area contributed by atoms with Gasteiger partial charge in [-0.15, -0.1) is 0 Å². The van der Waals surface area contributed by atoms with Crippen LogP contribution in [0.3, 0.4) is 0 Å². The van der Waals surface area contributed by atoms with Crippen molar-refractivity contribution in [2.24, 2.45) is 5.41 Å². The zero-order valence-electron chi connectivity index (χ0n) is 10.1. The summed E-state index contributed by atoms with van der Waals surface area (Å²) in [4.78, 5) is 22.3. The average Bonchev–Trinajstić information content (AvgIpc) is 2.25. The molecule has 2 N–H and O–H groups in total. The van der Waals surface area contributed by atoms with Crippen molar-refractivity contribution >= 4 is 11.9 Å². The van der Waals surface area contributed by atoms with Gasteiger partial charge in [-0.1, -0.05) is 0 Å². The molecule has 0 fully saturated rings. The molecule has 0 radical (unpaired) electrons. The molecule has 0 saturated heterocycles. The SMILES string of the molecule is CNC(=O)C(C)(CCCOCC(F)(F)F)C(=O)O. The van der Waals surface area contributed by atoms with E-state index in [4.69, 9.17) is 5.11 Å². The first kappa shape index (κ1) is 16.7. The first-order valence-electron chi connectivity index (χ1n) is 5.23. The number of rotatable bonds is 7. The molecule has 106 valence electrons. The summed E-state index contributed by atoms with van der Waals surface area (Å²) >= 11 is 0. The fourth-order valence-corrected chi connectivity index (χ4v) is 1.31. The molecule has 0 spiro atoms. The third-order valence-electron chi connectivity index (χ3n) is 2.43. The Balaban J connectivity index is 4.15. The number of carbonyl (C=O) groups is 2. The summed E-state index contributed by atoms with van der Waals surface area (Å²) in [6.07, 6.45) is -4.46. The average molecular weight is 271 g/mol. The molecule has 8 heteroatoms. The smallest absolute Gasteiger partial charge is 0.411 e. The molecule has 0 aliphatic rings. The minimum atomic E-state index is -4.41. The third kappa shape index (κ3) is 5.35. The predicted octanol–water partition coefficient (Wildman–Crippen LogP) is 1.18. The van der Waals surface area contributed by atoms with Gasteiger partial charge in [0.1, 0.15) is 12.0 Å². The summed E-state index contributed by atoms with van der Waals surface area (Å²) < 4.78 is 39.6. The van der Waals surface area contributed by atoms with Gasteiger partial charge in [0.2, 0.25) is 5.91 Å². The molecule has 0 aromatic heterocycles. The van der Waals surface area contributed by atoms with Crippen molar-refractivity contribution < 1.29 is 32.6 Å². The lowest BCUT2D eigenvalue weighted by Gasteiger charge is -2.22. The van der Waals surface area contributed by atoms with Crippen molar-refractivity contribution in [1.29, 1.82) is 0 Å². The standard InChI is InChI=1S/C10H16F3NO4/c1-9(8(16)17,7(15)14-2)4-3-5-18-6-10(11,12)13/h3-6H2,1-2H3,(H,14,15)(H,16,17). The minimum absolute atomic E-state index is 0.0479. The summed E-state index contributed by atoms with van der Waals surface area (Å²) in [5, 5.41) is 11.1. The van der Waals surface area contributed by atoms with Crippen LogP contribution in [-0.2, 0) is 14.3 Å². The number of carbonyl (C=O) groups excluding carboxylic acids is 1. The molecule has 0 rings (SSSR count). The van der Waals surface area contributed by atoms with Crippen molar-refractivity contribution in [2.75, 3.05) is 20.3 Å². The molecule has 1 amide bonds. The van der Waals surface area contributed by atoms with Gasteiger partial charge in [-0.25, -0.2) is 0 Å². The van der Waals surface area contributed by atoms with Gasteiger partial charge in [0.05, 0.1) is 0 Å². The van der Waals surface area contributed by atoms with Crippen molar-refractivity contribution in [2.45, 2.75) is 25.9 Å². The highest BCUT2D eigenvalue weighted by Gasteiger charge is 2.40. The summed E-state index contributed by atoms with van der Waals surface area (Å²) in [5.74, 6) is -2.01. The highest BCUT2D eigenvalue weighted by molar-refractivity contribution is 6.01. The molecule has 1 unspecified atom stereocenters. The summed E-state index contributed by atoms with van der Waals surface area (Å²) in [7, 11) is 1.30. The van der Waals surface area contributed by atoms with Crippen molar-refractivity contribution in [1.82, 2.24) is 5.32 Å². The Morgan fingerprint density at radius 2 is 1.89 bits per heavy atom. The second-order valence-corrected chi connectivity index (χ2v) is 3.99. The lowest BCUT2D eigenvalue weighted by atomic mass is 9.84. The van der Waals surface area contributed by atoms with Gasteiger partial charge in [-0.05, 0) is 19.8 Å². The van der Waals surface area contributed by atoms with Crippen LogP contribution in [0.2, 0.25) is 0 Å². The van der Waals surface area contributed by atoms with Crippen molar-refractivity contribution in [3.05, 3.63) is 0 Å². The summed E-state index contributed by atoms with van der Waals surface area (Å²) in [6.45, 7) is -0.409. The largest absolute Gasteiger partial charge is 0.480 e. The molecule has 0 bridgehead atoms. The van der Waals surface area contributed by atoms with E-state index in [1.807, 2.05) is 0 Å². The molecule has 1 atom stereocenters. The minimum Gasteiger partial charge on any atom is -0.480 e. The Morgan fingerprint density at radius 1 is 1.33 bits per heavy atom. The number of aliphatic carboxylic acids is 1. The third-order valence-corrected chi connectivity index (χ3v) is 2.43. The molecule has 0 saturated carbocycles. The van der Waals surface area contributed by atoms with Crippen LogP contribution in [0.4, 0.5) is 13.2 Å². The van der Waals surface area contributed by atoms with E-state index in [1.54, 1.807) is 0 Å². The second kappa shape index (κ2) is 6.58. The van der Waals surface area contributed by atoms with Gasteiger partial charge >= 0.3 is 12.1 Å². The number of carboxylic acid groups (broad SMARTS) is 1. The van der Waals surface area contributed by atoms with Gasteiger partial charge in [-0.3, -0.25) is 9.59 Å². The monoisotopic (exact) mass is 271 g/mol. The summed E-state index contributed by atoms with van der Waals surface area (Å²) in [5.41, 5.74) is -1.66. The molecule has 0 aliphatic heterocycles. The lowest BCUT2D eigenvalue weighted by molar-refractivity contribution is -0.175. The number of ether oxygens (including phenoxy) is 1.